The Bertz CT molecular complexity index is 195. The van der Waals surface area contributed by atoms with E-state index in [-0.39, 0.29) is 32.3 Å². The van der Waals surface area contributed by atoms with Gasteiger partial charge in [0.2, 0.25) is 0 Å². The molecule has 0 unspecified atom stereocenters. The zero-order valence-corrected chi connectivity index (χ0v) is 13.4. The Balaban J connectivity index is -0.0000000494. The van der Waals surface area contributed by atoms with Crippen molar-refractivity contribution < 1.29 is 76.3 Å². The van der Waals surface area contributed by atoms with Crippen LogP contribution in [-0.2, 0) is 40.6 Å². The van der Waals surface area contributed by atoms with Gasteiger partial charge < -0.3 is 50.1 Å². The minimum absolute atomic E-state index is 0. The molecule has 117 valence electrons. The van der Waals surface area contributed by atoms with Crippen LogP contribution in [0.3, 0.4) is 0 Å². The monoisotopic (exact) mass is 375 g/mol. The number of aliphatic hydroxyl groups excluding tert-OH is 4. The predicted molar refractivity (Wildman–Crippen MR) is 53.6 cm³/mol. The predicted octanol–water partition coefficient (Wildman–Crippen LogP) is -6.43. The van der Waals surface area contributed by atoms with E-state index in [2.05, 4.69) is 0 Å². The van der Waals surface area contributed by atoms with Crippen LogP contribution < -0.4 is 15.3 Å². The fourth-order valence-corrected chi connectivity index (χ4v) is 0. The van der Waals surface area contributed by atoms with Crippen LogP contribution in [0.15, 0.2) is 0 Å². The number of carboxylic acid groups (broad SMARTS) is 3. The molecule has 0 saturated heterocycles. The molecule has 4 N–H and O–H groups in total. The van der Waals surface area contributed by atoms with Gasteiger partial charge >= 0.3 is 26.2 Å². The van der Waals surface area contributed by atoms with Gasteiger partial charge in [-0.3, -0.25) is 0 Å². The molecule has 11 heteroatoms. The van der Waals surface area contributed by atoms with E-state index in [1.165, 1.54) is 0 Å². The molecule has 0 rings (SSSR count). The molecule has 20 heavy (non-hydrogen) atoms. The molecule has 0 aliphatic rings. The number of hydrogen-bond donors (Lipinski definition) is 4. The average Bonchev–Trinajstić information content (AvgIpc) is 2.29. The number of hydrogen-bond acceptors (Lipinski definition) is 10. The number of carboxylic acids is 3. The summed E-state index contributed by atoms with van der Waals surface area (Å²) in [4.78, 5) is 27.0. The Morgan fingerprint density at radius 2 is 0.850 bits per heavy atom. The van der Waals surface area contributed by atoms with Crippen LogP contribution in [0.4, 0.5) is 0 Å². The molecule has 0 atom stereocenters. The van der Waals surface area contributed by atoms with Crippen molar-refractivity contribution in [3.05, 3.63) is 0 Å². The number of rotatable bonds is 3. The zero-order valence-electron chi connectivity index (χ0n) is 10.9. The van der Waals surface area contributed by atoms with Crippen LogP contribution in [0.25, 0.3) is 0 Å². The van der Waals surface area contributed by atoms with Gasteiger partial charge in [0.15, 0.2) is 0 Å². The molecular weight excluding hydrogens is 359 g/mol. The number of aliphatic hydroxyl groups is 4. The van der Waals surface area contributed by atoms with E-state index in [0.29, 0.717) is 0 Å². The van der Waals surface area contributed by atoms with E-state index < -0.39 is 37.7 Å². The van der Waals surface area contributed by atoms with Crippen molar-refractivity contribution in [3.8, 4) is 0 Å². The fourth-order valence-electron chi connectivity index (χ4n) is 0. The third-order valence-corrected chi connectivity index (χ3v) is 0.387. The molecule has 0 aromatic heterocycles. The van der Waals surface area contributed by atoms with Gasteiger partial charge in [0.05, 0.1) is 37.7 Å². The zero-order chi connectivity index (χ0) is 16.4. The van der Waals surface area contributed by atoms with Crippen molar-refractivity contribution >= 4 is 17.9 Å². The van der Waals surface area contributed by atoms with E-state index in [9.17, 15) is 0 Å². The Labute approximate surface area is 134 Å². The first kappa shape index (κ1) is 31.5. The molecule has 0 bridgehead atoms. The minimum Gasteiger partial charge on any atom is -0.548 e. The fraction of sp³-hybridized carbons (Fsp3) is 0.667. The van der Waals surface area contributed by atoms with Gasteiger partial charge in [-0.25, -0.2) is 0 Å². The molecule has 10 nitrogen and oxygen atoms in total. The van der Waals surface area contributed by atoms with Crippen LogP contribution >= 0.6 is 0 Å². The first-order chi connectivity index (χ1) is 8.54. The summed E-state index contributed by atoms with van der Waals surface area (Å²) in [5.41, 5.74) is 0. The standard InChI is InChI=1S/C3H8O.3C2H4O3.Zr/c1-3(2)4;3*3-1-2(4)5;/h3-4H,1-2H3;3*3H,1H2,(H,4,5);/q;;;;+3/p-3. The van der Waals surface area contributed by atoms with Crippen molar-refractivity contribution in [1.82, 2.24) is 0 Å². The summed E-state index contributed by atoms with van der Waals surface area (Å²) in [7, 11) is 0. The number of carbonyl (C=O) groups is 3. The van der Waals surface area contributed by atoms with E-state index in [1.807, 2.05) is 0 Å². The topological polar surface area (TPSA) is 201 Å². The molecule has 0 spiro atoms. The first-order valence-electron chi connectivity index (χ1n) is 4.65. The van der Waals surface area contributed by atoms with Crippen molar-refractivity contribution in [2.24, 2.45) is 0 Å². The molecule has 0 heterocycles. The normalized spacial score (nSPS) is 7.35. The molecule has 0 fully saturated rings. The van der Waals surface area contributed by atoms with Crippen LogP contribution in [0.2, 0.25) is 0 Å². The molecule has 0 saturated carbocycles. The van der Waals surface area contributed by atoms with Gasteiger partial charge in [0.25, 0.3) is 0 Å². The van der Waals surface area contributed by atoms with Gasteiger partial charge in [-0.05, 0) is 13.8 Å². The van der Waals surface area contributed by atoms with E-state index in [0.717, 1.165) is 0 Å². The van der Waals surface area contributed by atoms with Crippen molar-refractivity contribution in [3.63, 3.8) is 0 Å². The van der Waals surface area contributed by atoms with Gasteiger partial charge in [-0.2, -0.15) is 0 Å². The van der Waals surface area contributed by atoms with Crippen molar-refractivity contribution in [2.45, 2.75) is 20.0 Å². The van der Waals surface area contributed by atoms with E-state index in [4.69, 9.17) is 50.1 Å². The maximum Gasteiger partial charge on any atom is 3.00 e. The maximum absolute atomic E-state index is 9.01. The maximum atomic E-state index is 9.01. The Kier molecular flexibility index (Phi) is 42.0. The molecule has 0 aromatic carbocycles. The summed E-state index contributed by atoms with van der Waals surface area (Å²) >= 11 is 0. The first-order valence-corrected chi connectivity index (χ1v) is 4.65. The van der Waals surface area contributed by atoms with Crippen LogP contribution in [-0.4, -0.2) is 64.3 Å². The Hall–Kier alpha value is -0.867. The van der Waals surface area contributed by atoms with Gasteiger partial charge in [-0.15, -0.1) is 0 Å². The molecule has 0 aliphatic carbocycles. The second-order valence-corrected chi connectivity index (χ2v) is 2.68. The van der Waals surface area contributed by atoms with E-state index in [1.54, 1.807) is 13.8 Å². The summed E-state index contributed by atoms with van der Waals surface area (Å²) in [6, 6.07) is 0. The SMILES string of the molecule is CC(C)O.O=C([O-])CO.O=C([O-])CO.O=C([O-])CO.[Zr+3]. The third-order valence-electron chi connectivity index (χ3n) is 0.387. The quantitative estimate of drug-likeness (QED) is 0.367. The van der Waals surface area contributed by atoms with E-state index >= 15 is 0 Å². The smallest absolute Gasteiger partial charge is 0.548 e. The van der Waals surface area contributed by atoms with Gasteiger partial charge in [0, 0.05) is 6.10 Å². The van der Waals surface area contributed by atoms with Crippen LogP contribution in [0.5, 0.6) is 0 Å². The Morgan fingerprint density at radius 3 is 0.850 bits per heavy atom. The summed E-state index contributed by atoms with van der Waals surface area (Å²) in [5.74, 6) is -4.32. The van der Waals surface area contributed by atoms with Crippen LogP contribution in [0, 0.1) is 0 Å². The summed E-state index contributed by atoms with van der Waals surface area (Å²) in [5, 5.41) is 57.5. The number of carbonyl (C=O) groups excluding carboxylic acids is 3. The molecule has 0 amide bonds. The summed E-state index contributed by atoms with van der Waals surface area (Å²) in [6.07, 6.45) is -0.167. The van der Waals surface area contributed by atoms with Crippen molar-refractivity contribution in [2.75, 3.05) is 19.8 Å². The summed E-state index contributed by atoms with van der Waals surface area (Å²) in [6.45, 7) is 0.778. The van der Waals surface area contributed by atoms with Gasteiger partial charge in [-0.1, -0.05) is 0 Å². The third kappa shape index (κ3) is 169. The minimum atomic E-state index is -1.44. The van der Waals surface area contributed by atoms with Crippen LogP contribution in [0.1, 0.15) is 13.8 Å². The molecule has 0 aliphatic heterocycles. The average molecular weight is 376 g/mol. The van der Waals surface area contributed by atoms with Gasteiger partial charge in [0.1, 0.15) is 0 Å². The molecule has 1 radical (unpaired) electrons. The second kappa shape index (κ2) is 26.6. The second-order valence-electron chi connectivity index (χ2n) is 2.68. The number of aliphatic carboxylic acids is 3. The largest absolute Gasteiger partial charge is 3.00 e. The Morgan fingerprint density at radius 1 is 0.800 bits per heavy atom. The van der Waals surface area contributed by atoms with Crippen molar-refractivity contribution in [1.29, 1.82) is 0 Å². The molecule has 0 aromatic rings. The molecular formula is C9H17O10Zr. The summed E-state index contributed by atoms with van der Waals surface area (Å²) < 4.78 is 0.